The minimum absolute atomic E-state index is 0. The number of para-hydroxylation sites is 2. The van der Waals surface area contributed by atoms with Crippen molar-refractivity contribution < 1.29 is 70.2 Å². The number of hydrogen-bond donors (Lipinski definition) is 2. The molecular weight excluding hydrogens is 1150 g/mol. The van der Waals surface area contributed by atoms with Crippen molar-refractivity contribution in [1.82, 2.24) is 49.8 Å². The summed E-state index contributed by atoms with van der Waals surface area (Å²) < 4.78 is 118. The van der Waals surface area contributed by atoms with Gasteiger partial charge in [0.2, 0.25) is 0 Å². The summed E-state index contributed by atoms with van der Waals surface area (Å²) in [5.74, 6) is 0. The molecule has 12 aromatic rings. The fourth-order valence-electron chi connectivity index (χ4n) is 6.99. The van der Waals surface area contributed by atoms with Crippen molar-refractivity contribution in [3.8, 4) is 11.4 Å². The van der Waals surface area contributed by atoms with E-state index < -0.39 is 15.6 Å². The molecule has 0 atom stereocenters. The summed E-state index contributed by atoms with van der Waals surface area (Å²) in [5, 5.41) is 6.50. The molecule has 10 nitrogen and oxygen atoms in total. The fourth-order valence-corrected chi connectivity index (χ4v) is 6.99. The van der Waals surface area contributed by atoms with Gasteiger partial charge in [0.05, 0.1) is 44.5 Å². The Hall–Kier alpha value is -7.06. The molecule has 25 heteroatoms. The SMILES string of the molecule is F[P-](F)(F)(F)(F)F.F[P-](F)(F)(F)(F)F.[Os+6].c1ccc2nc(-c3ccc4ccccc4n3)ccc2c1.c1cnc2c(c1)c1ncnc1c1ccc[nH]c12.c1cnc2c(c1)c1ncnc1c1ccc[nH]c12. The number of aromatic amines is 2. The van der Waals surface area contributed by atoms with Gasteiger partial charge < -0.3 is 9.97 Å². The largest absolute Gasteiger partial charge is 6.00 e. The van der Waals surface area contributed by atoms with Crippen LogP contribution in [0.1, 0.15) is 0 Å². The average Bonchev–Trinajstić information content (AvgIpc) is 4.00. The Bertz CT molecular complexity index is 3430. The number of hydrogen-bond acceptors (Lipinski definition) is 8. The van der Waals surface area contributed by atoms with Gasteiger partial charge in [-0.25, -0.2) is 29.9 Å². The Labute approximate surface area is 391 Å². The monoisotopic (exact) mass is 1180 g/mol. The fraction of sp³-hybridized carbons (Fsp3) is 0. The number of rotatable bonds is 1. The predicted molar refractivity (Wildman–Crippen MR) is 243 cm³/mol. The number of nitrogens with zero attached hydrogens (tertiary/aromatic N) is 8. The van der Waals surface area contributed by atoms with Crippen LogP contribution in [0, 0.1) is 0 Å². The molecule has 0 aliphatic rings. The van der Waals surface area contributed by atoms with Gasteiger partial charge in [-0.3, -0.25) is 9.97 Å². The smallest absolute Gasteiger partial charge is 0.359 e. The maximum atomic E-state index is 9.87. The Kier molecular flexibility index (Phi) is 12.4. The summed E-state index contributed by atoms with van der Waals surface area (Å²) in [5.41, 5.74) is 11.4. The van der Waals surface area contributed by atoms with Crippen molar-refractivity contribution in [2.45, 2.75) is 0 Å². The molecule has 2 N–H and O–H groups in total. The van der Waals surface area contributed by atoms with Gasteiger partial charge in [0, 0.05) is 57.1 Å². The summed E-state index contributed by atoms with van der Waals surface area (Å²) in [7, 11) is -21.3. The van der Waals surface area contributed by atoms with Crippen LogP contribution in [0.25, 0.3) is 98.9 Å². The maximum absolute atomic E-state index is 10.7. The Morgan fingerprint density at radius 2 is 0.667 bits per heavy atom. The van der Waals surface area contributed by atoms with Crippen LogP contribution in [0.2, 0.25) is 0 Å². The van der Waals surface area contributed by atoms with Crippen LogP contribution in [0.15, 0.2) is 159 Å². The van der Waals surface area contributed by atoms with Crippen LogP contribution < -0.4 is 0 Å². The van der Waals surface area contributed by atoms with Gasteiger partial charge in [0.1, 0.15) is 34.7 Å². The number of fused-ring (bicyclic) bond motifs is 14. The second kappa shape index (κ2) is 17.2. The zero-order valence-corrected chi connectivity index (χ0v) is 38.7. The van der Waals surface area contributed by atoms with Crippen LogP contribution >= 0.6 is 15.6 Å². The van der Waals surface area contributed by atoms with Gasteiger partial charge in [-0.2, -0.15) is 0 Å². The molecule has 8 aromatic heterocycles. The van der Waals surface area contributed by atoms with Crippen molar-refractivity contribution in [3.05, 3.63) is 159 Å². The number of nitrogens with one attached hydrogen (secondary N) is 2. The average molecular weight is 1180 g/mol. The molecule has 0 aliphatic carbocycles. The van der Waals surface area contributed by atoms with Gasteiger partial charge in [0.15, 0.2) is 0 Å². The van der Waals surface area contributed by atoms with Crippen LogP contribution in [0.3, 0.4) is 0 Å². The molecule has 0 amide bonds. The quantitative estimate of drug-likeness (QED) is 0.0943. The summed E-state index contributed by atoms with van der Waals surface area (Å²) in [6.45, 7) is 0. The zero-order chi connectivity index (χ0) is 48.7. The molecule has 0 bridgehead atoms. The van der Waals surface area contributed by atoms with Crippen molar-refractivity contribution in [2.75, 3.05) is 0 Å². The summed E-state index contributed by atoms with van der Waals surface area (Å²) >= 11 is 0. The molecular formula is C44H28F12N10OsP2+4. The first-order chi connectivity index (χ1) is 31.7. The van der Waals surface area contributed by atoms with Crippen LogP contribution in [-0.2, 0) is 19.8 Å². The molecule has 0 spiro atoms. The van der Waals surface area contributed by atoms with Gasteiger partial charge in [-0.15, -0.1) is 0 Å². The minimum atomic E-state index is -10.7. The van der Waals surface area contributed by atoms with E-state index in [0.717, 1.165) is 98.9 Å². The Morgan fingerprint density at radius 1 is 0.333 bits per heavy atom. The van der Waals surface area contributed by atoms with Crippen LogP contribution in [0.5, 0.6) is 0 Å². The van der Waals surface area contributed by atoms with Crippen molar-refractivity contribution in [2.24, 2.45) is 0 Å². The minimum Gasteiger partial charge on any atom is -0.359 e. The van der Waals surface area contributed by atoms with Gasteiger partial charge in [-0.1, -0.05) is 48.5 Å². The standard InChI is InChI=1S/C18H12N2.2C13H8N4.2F6P.Os/c1-3-7-15-13(5-1)9-11-17(19-15)18-12-10-14-6-2-4-8-16(14)20-18;2*1-3-8-10(14-5-1)11-9(4-2-6-15-11)13-12(8)16-7-17-13;2*1-7(2,3,4,5)6;/h1-12H;2*1-7,14H;;;/q;;;2*-1;+6. The van der Waals surface area contributed by atoms with E-state index in [-0.39, 0.29) is 19.8 Å². The predicted octanol–water partition coefficient (Wildman–Crippen LogP) is 16.5. The van der Waals surface area contributed by atoms with Crippen molar-refractivity contribution >= 4 is 103 Å². The first-order valence-electron chi connectivity index (χ1n) is 19.4. The molecule has 0 unspecified atom stereocenters. The van der Waals surface area contributed by atoms with E-state index in [1.807, 2.05) is 109 Å². The number of halogens is 12. The molecule has 0 aliphatic heterocycles. The second-order valence-corrected chi connectivity index (χ2v) is 18.4. The summed E-state index contributed by atoms with van der Waals surface area (Å²) in [4.78, 5) is 42.1. The summed E-state index contributed by atoms with van der Waals surface area (Å²) in [6.07, 6.45) is 10.6. The third kappa shape index (κ3) is 13.6. The molecule has 0 radical (unpaired) electrons. The Balaban J connectivity index is 0.000000134. The van der Waals surface area contributed by atoms with Gasteiger partial charge in [0.25, 0.3) is 0 Å². The summed E-state index contributed by atoms with van der Waals surface area (Å²) in [6, 6.07) is 40.4. The second-order valence-electron chi connectivity index (χ2n) is 14.6. The van der Waals surface area contributed by atoms with E-state index in [2.05, 4.69) is 74.1 Å². The third-order valence-corrected chi connectivity index (χ3v) is 9.48. The number of imidazole rings is 2. The molecule has 0 saturated carbocycles. The van der Waals surface area contributed by atoms with E-state index in [1.54, 1.807) is 25.0 Å². The molecule has 0 fully saturated rings. The van der Waals surface area contributed by atoms with Gasteiger partial charge in [-0.05, 0) is 72.8 Å². The Morgan fingerprint density at radius 3 is 1.04 bits per heavy atom. The van der Waals surface area contributed by atoms with E-state index in [9.17, 15) is 50.4 Å². The molecule has 69 heavy (non-hydrogen) atoms. The molecule has 0 saturated heterocycles. The zero-order valence-electron chi connectivity index (χ0n) is 34.4. The van der Waals surface area contributed by atoms with E-state index >= 15 is 0 Å². The first-order valence-corrected chi connectivity index (χ1v) is 23.5. The molecule has 352 valence electrons. The number of benzene rings is 4. The third-order valence-electron chi connectivity index (χ3n) is 9.48. The van der Waals surface area contributed by atoms with Crippen molar-refractivity contribution in [1.29, 1.82) is 0 Å². The van der Waals surface area contributed by atoms with E-state index in [0.29, 0.717) is 0 Å². The normalized spacial score (nSPS) is 13.6. The molecule has 4 aromatic carbocycles. The first kappa shape index (κ1) is 49.8. The van der Waals surface area contributed by atoms with Crippen molar-refractivity contribution in [3.63, 3.8) is 0 Å². The van der Waals surface area contributed by atoms with Crippen LogP contribution in [0.4, 0.5) is 50.4 Å². The topological polar surface area (TPSA) is 135 Å². The van der Waals surface area contributed by atoms with Gasteiger partial charge >= 0.3 is 85.8 Å². The van der Waals surface area contributed by atoms with E-state index in [1.165, 1.54) is 0 Å². The molecule has 12 rings (SSSR count). The van der Waals surface area contributed by atoms with Crippen LogP contribution in [-0.4, -0.2) is 49.8 Å². The number of aromatic nitrogens is 10. The number of H-pyrrole nitrogens is 2. The maximum Gasteiger partial charge on any atom is 6.00 e. The molecule has 8 heterocycles. The van der Waals surface area contributed by atoms with E-state index in [4.69, 9.17) is 0 Å². The number of pyridine rings is 6.